The SMILES string of the molecule is COC(=O)c1ccc(COc2ccc(N(C)c3ncnc4ccccc34)cc2)cc1. The molecule has 4 rings (SSSR count). The fourth-order valence-corrected chi connectivity index (χ4v) is 3.17. The van der Waals surface area contributed by atoms with Crippen molar-refractivity contribution in [3.63, 3.8) is 0 Å². The van der Waals surface area contributed by atoms with Crippen LogP contribution in [0.25, 0.3) is 10.9 Å². The van der Waals surface area contributed by atoms with E-state index in [0.717, 1.165) is 33.7 Å². The van der Waals surface area contributed by atoms with E-state index in [0.29, 0.717) is 12.2 Å². The van der Waals surface area contributed by atoms with E-state index < -0.39 is 0 Å². The van der Waals surface area contributed by atoms with E-state index >= 15 is 0 Å². The third-order valence-corrected chi connectivity index (χ3v) is 4.84. The zero-order chi connectivity index (χ0) is 20.9. The fraction of sp³-hybridized carbons (Fsp3) is 0.125. The van der Waals surface area contributed by atoms with E-state index in [2.05, 4.69) is 9.97 Å². The Balaban J connectivity index is 1.44. The van der Waals surface area contributed by atoms with E-state index in [-0.39, 0.29) is 5.97 Å². The number of rotatable bonds is 6. The largest absolute Gasteiger partial charge is 0.489 e. The van der Waals surface area contributed by atoms with Crippen LogP contribution < -0.4 is 9.64 Å². The highest BCUT2D eigenvalue weighted by molar-refractivity contribution is 5.91. The van der Waals surface area contributed by atoms with E-state index in [4.69, 9.17) is 9.47 Å². The number of fused-ring (bicyclic) bond motifs is 1. The van der Waals surface area contributed by atoms with Crippen LogP contribution in [0, 0.1) is 0 Å². The minimum absolute atomic E-state index is 0.348. The minimum atomic E-state index is -0.348. The lowest BCUT2D eigenvalue weighted by Crippen LogP contribution is -2.11. The number of para-hydroxylation sites is 1. The molecule has 0 amide bonds. The Bertz CT molecular complexity index is 1150. The average molecular weight is 399 g/mol. The molecule has 0 radical (unpaired) electrons. The highest BCUT2D eigenvalue weighted by atomic mass is 16.5. The van der Waals surface area contributed by atoms with Gasteiger partial charge in [0.15, 0.2) is 0 Å². The van der Waals surface area contributed by atoms with Crippen molar-refractivity contribution >= 4 is 28.4 Å². The van der Waals surface area contributed by atoms with E-state index in [9.17, 15) is 4.79 Å². The second kappa shape index (κ2) is 8.61. The first kappa shape index (κ1) is 19.4. The zero-order valence-electron chi connectivity index (χ0n) is 16.8. The molecule has 0 aliphatic heterocycles. The summed E-state index contributed by atoms with van der Waals surface area (Å²) < 4.78 is 10.6. The van der Waals surface area contributed by atoms with Crippen molar-refractivity contribution in [3.8, 4) is 5.75 Å². The second-order valence-corrected chi connectivity index (χ2v) is 6.74. The van der Waals surface area contributed by atoms with E-state index in [1.807, 2.05) is 72.6 Å². The van der Waals surface area contributed by atoms with Gasteiger partial charge >= 0.3 is 5.97 Å². The Labute approximate surface area is 174 Å². The molecule has 0 aliphatic carbocycles. The van der Waals surface area contributed by atoms with Gasteiger partial charge in [-0.05, 0) is 54.1 Å². The van der Waals surface area contributed by atoms with Crippen LogP contribution in [0.3, 0.4) is 0 Å². The van der Waals surface area contributed by atoms with Crippen molar-refractivity contribution in [3.05, 3.63) is 90.3 Å². The van der Waals surface area contributed by atoms with Crippen LogP contribution in [0.15, 0.2) is 79.1 Å². The van der Waals surface area contributed by atoms with Crippen molar-refractivity contribution in [2.24, 2.45) is 0 Å². The van der Waals surface area contributed by atoms with Gasteiger partial charge < -0.3 is 14.4 Å². The monoisotopic (exact) mass is 399 g/mol. The minimum Gasteiger partial charge on any atom is -0.489 e. The molecule has 0 atom stereocenters. The third kappa shape index (κ3) is 4.07. The van der Waals surface area contributed by atoms with Crippen molar-refractivity contribution in [1.29, 1.82) is 0 Å². The standard InChI is InChI=1S/C24H21N3O3/c1-27(23-21-5-3-4-6-22(21)25-16-26-23)19-11-13-20(14-12-19)30-15-17-7-9-18(10-8-17)24(28)29-2/h3-14,16H,15H2,1-2H3. The van der Waals surface area contributed by atoms with Crippen LogP contribution in [0.4, 0.5) is 11.5 Å². The molecule has 1 heterocycles. The van der Waals surface area contributed by atoms with Gasteiger partial charge in [-0.3, -0.25) is 0 Å². The van der Waals surface area contributed by atoms with Gasteiger partial charge in [-0.2, -0.15) is 0 Å². The molecule has 0 fully saturated rings. The number of nitrogens with zero attached hydrogens (tertiary/aromatic N) is 3. The first-order valence-corrected chi connectivity index (χ1v) is 9.49. The second-order valence-electron chi connectivity index (χ2n) is 6.74. The van der Waals surface area contributed by atoms with E-state index in [1.54, 1.807) is 18.5 Å². The summed E-state index contributed by atoms with van der Waals surface area (Å²) >= 11 is 0. The highest BCUT2D eigenvalue weighted by Gasteiger charge is 2.10. The summed E-state index contributed by atoms with van der Waals surface area (Å²) in [6.07, 6.45) is 1.58. The number of hydrogen-bond donors (Lipinski definition) is 0. The molecule has 3 aromatic carbocycles. The molecule has 1 aromatic heterocycles. The van der Waals surface area contributed by atoms with Gasteiger partial charge in [0, 0.05) is 18.1 Å². The van der Waals surface area contributed by atoms with Crippen LogP contribution in [0.2, 0.25) is 0 Å². The number of aromatic nitrogens is 2. The van der Waals surface area contributed by atoms with Gasteiger partial charge in [0.2, 0.25) is 0 Å². The van der Waals surface area contributed by atoms with Gasteiger partial charge in [-0.25, -0.2) is 14.8 Å². The summed E-state index contributed by atoms with van der Waals surface area (Å²) in [6.45, 7) is 0.410. The van der Waals surface area contributed by atoms with Crippen LogP contribution in [-0.2, 0) is 11.3 Å². The van der Waals surface area contributed by atoms with E-state index in [1.165, 1.54) is 7.11 Å². The summed E-state index contributed by atoms with van der Waals surface area (Å²) in [4.78, 5) is 22.3. The van der Waals surface area contributed by atoms with Crippen LogP contribution in [0.1, 0.15) is 15.9 Å². The summed E-state index contributed by atoms with van der Waals surface area (Å²) in [5, 5.41) is 0.998. The van der Waals surface area contributed by atoms with Crippen molar-refractivity contribution in [2.45, 2.75) is 6.61 Å². The zero-order valence-corrected chi connectivity index (χ0v) is 16.8. The van der Waals surface area contributed by atoms with Gasteiger partial charge in [-0.15, -0.1) is 0 Å². The Morgan fingerprint density at radius 1 is 0.933 bits per heavy atom. The molecule has 6 heteroatoms. The smallest absolute Gasteiger partial charge is 0.337 e. The number of esters is 1. The molecule has 150 valence electrons. The molecule has 0 N–H and O–H groups in total. The van der Waals surface area contributed by atoms with Crippen LogP contribution in [0.5, 0.6) is 5.75 Å². The molecule has 0 spiro atoms. The quantitative estimate of drug-likeness (QED) is 0.436. The Morgan fingerprint density at radius 3 is 2.40 bits per heavy atom. The molecule has 0 bridgehead atoms. The van der Waals surface area contributed by atoms with Crippen molar-refractivity contribution in [1.82, 2.24) is 9.97 Å². The van der Waals surface area contributed by atoms with Crippen molar-refractivity contribution in [2.75, 3.05) is 19.1 Å². The van der Waals surface area contributed by atoms with Gasteiger partial charge in [0.25, 0.3) is 0 Å². The first-order chi connectivity index (χ1) is 14.7. The average Bonchev–Trinajstić information content (AvgIpc) is 2.82. The number of hydrogen-bond acceptors (Lipinski definition) is 6. The lowest BCUT2D eigenvalue weighted by Gasteiger charge is -2.20. The predicted octanol–water partition coefficient (Wildman–Crippen LogP) is 4.76. The molecule has 4 aromatic rings. The molecule has 0 saturated carbocycles. The number of methoxy groups -OCH3 is 1. The van der Waals surface area contributed by atoms with Gasteiger partial charge in [0.1, 0.15) is 24.5 Å². The lowest BCUT2D eigenvalue weighted by molar-refractivity contribution is 0.0600. The predicted molar refractivity (Wildman–Crippen MR) is 116 cm³/mol. The number of carbonyl (C=O) groups is 1. The Kier molecular flexibility index (Phi) is 5.57. The fourth-order valence-electron chi connectivity index (χ4n) is 3.17. The van der Waals surface area contributed by atoms with Gasteiger partial charge in [-0.1, -0.05) is 24.3 Å². The Hall–Kier alpha value is -3.93. The maximum atomic E-state index is 11.5. The lowest BCUT2D eigenvalue weighted by atomic mass is 10.1. The molecular formula is C24H21N3O3. The molecule has 0 aliphatic rings. The molecule has 30 heavy (non-hydrogen) atoms. The maximum Gasteiger partial charge on any atom is 0.337 e. The molecule has 0 unspecified atom stereocenters. The van der Waals surface area contributed by atoms with Crippen molar-refractivity contribution < 1.29 is 14.3 Å². The number of carbonyl (C=O) groups excluding carboxylic acids is 1. The number of anilines is 2. The number of benzene rings is 3. The van der Waals surface area contributed by atoms with Crippen LogP contribution in [-0.4, -0.2) is 30.1 Å². The third-order valence-electron chi connectivity index (χ3n) is 4.84. The Morgan fingerprint density at radius 2 is 1.67 bits per heavy atom. The van der Waals surface area contributed by atoms with Gasteiger partial charge in [0.05, 0.1) is 18.2 Å². The maximum absolute atomic E-state index is 11.5. The topological polar surface area (TPSA) is 64.6 Å². The molecule has 0 saturated heterocycles. The summed E-state index contributed by atoms with van der Waals surface area (Å²) in [5.41, 5.74) is 3.39. The highest BCUT2D eigenvalue weighted by Crippen LogP contribution is 2.29. The molecular weight excluding hydrogens is 378 g/mol. The first-order valence-electron chi connectivity index (χ1n) is 9.49. The normalized spacial score (nSPS) is 10.6. The van der Waals surface area contributed by atoms with Crippen LogP contribution >= 0.6 is 0 Å². The molecule has 6 nitrogen and oxygen atoms in total. The number of ether oxygens (including phenoxy) is 2. The summed E-state index contributed by atoms with van der Waals surface area (Å²) in [5.74, 6) is 1.26. The summed E-state index contributed by atoms with van der Waals surface area (Å²) in [7, 11) is 3.35. The summed E-state index contributed by atoms with van der Waals surface area (Å²) in [6, 6.07) is 23.0.